The molecule has 8 saturated heterocycles. The number of halogens is 7. The largest absolute Gasteiger partial charge is 0.494 e. The van der Waals surface area contributed by atoms with Gasteiger partial charge in [-0.15, -0.1) is 0 Å². The van der Waals surface area contributed by atoms with E-state index in [1.54, 1.807) is 44.6 Å². The molecule has 0 spiro atoms. The van der Waals surface area contributed by atoms with E-state index in [2.05, 4.69) is 13.8 Å². The van der Waals surface area contributed by atoms with E-state index in [-0.39, 0.29) is 142 Å². The van der Waals surface area contributed by atoms with Crippen LogP contribution in [-0.2, 0) is 164 Å². The van der Waals surface area contributed by atoms with E-state index in [4.69, 9.17) is 118 Å². The first kappa shape index (κ1) is 121. The van der Waals surface area contributed by atoms with Crippen LogP contribution in [-0.4, -0.2) is 228 Å². The summed E-state index contributed by atoms with van der Waals surface area (Å²) < 4.78 is 233. The Morgan fingerprint density at radius 1 is 0.319 bits per heavy atom. The normalized spacial score (nSPS) is 19.5. The van der Waals surface area contributed by atoms with Gasteiger partial charge in [0.15, 0.2) is 44.0 Å². The Kier molecular flexibility index (Phi) is 56.1. The molecule has 7 aromatic carbocycles. The van der Waals surface area contributed by atoms with Gasteiger partial charge >= 0.3 is 49.8 Å². The fourth-order valence-electron chi connectivity index (χ4n) is 16.0. The van der Waals surface area contributed by atoms with Gasteiger partial charge in [0.2, 0.25) is 0 Å². The molecule has 0 aliphatic carbocycles. The number of ether oxygens (including phenoxy) is 14. The molecule has 0 amide bonds. The lowest BCUT2D eigenvalue weighted by Crippen LogP contribution is -2.48. The van der Waals surface area contributed by atoms with Crippen molar-refractivity contribution >= 4 is 88.1 Å². The Morgan fingerprint density at radius 3 is 0.896 bits per heavy atom. The second-order valence-corrected chi connectivity index (χ2v) is 36.5. The molecule has 0 aromatic heterocycles. The number of hydrogen-bond donors (Lipinski definition) is 3. The van der Waals surface area contributed by atoms with Gasteiger partial charge in [-0.25, -0.2) is 30.7 Å². The van der Waals surface area contributed by atoms with Crippen molar-refractivity contribution in [2.45, 2.75) is 281 Å². The molecule has 0 saturated carbocycles. The lowest BCUT2D eigenvalue weighted by molar-refractivity contribution is -0.169. The minimum Gasteiger partial charge on any atom is -0.423 e. The average Bonchev–Trinajstić information content (AvgIpc) is 1.07. The van der Waals surface area contributed by atoms with Crippen LogP contribution < -0.4 is 38.2 Å². The molecule has 792 valence electrons. The summed E-state index contributed by atoms with van der Waals surface area (Å²) in [6, 6.07) is 30.8. The molecule has 42 heteroatoms. The minimum absolute atomic E-state index is 0.00330. The van der Waals surface area contributed by atoms with Crippen LogP contribution in [0.3, 0.4) is 0 Å². The van der Waals surface area contributed by atoms with Crippen molar-refractivity contribution in [2.24, 2.45) is 5.41 Å². The molecule has 7 atom stereocenters. The summed E-state index contributed by atoms with van der Waals surface area (Å²) >= 11 is 0. The summed E-state index contributed by atoms with van der Waals surface area (Å²) in [6.07, 6.45) is 15.1. The third-order valence-corrected chi connectivity index (χ3v) is 23.5. The maximum atomic E-state index is 13.7. The van der Waals surface area contributed by atoms with Crippen molar-refractivity contribution < 1.29 is 163 Å². The quantitative estimate of drug-likeness (QED) is 0.0183. The fourth-order valence-corrected chi connectivity index (χ4v) is 16.0. The number of hydrogen-bond acceptors (Lipinski definition) is 28. The van der Waals surface area contributed by atoms with E-state index in [9.17, 15) is 45.8 Å². The molecule has 7 aromatic rings. The highest BCUT2D eigenvalue weighted by molar-refractivity contribution is 6.64. The van der Waals surface area contributed by atoms with Crippen LogP contribution in [0.5, 0.6) is 0 Å². The molecular weight excluding hydrogens is 1880 g/mol. The number of rotatable bonds is 39. The lowest BCUT2D eigenvalue weighted by atomic mass is 9.73. The van der Waals surface area contributed by atoms with Gasteiger partial charge in [0, 0.05) is 112 Å². The maximum Gasteiger partial charge on any atom is 0.494 e. The van der Waals surface area contributed by atoms with Crippen LogP contribution in [0.2, 0.25) is 0 Å². The highest BCUT2D eigenvalue weighted by Gasteiger charge is 2.37. The maximum absolute atomic E-state index is 13.7. The molecule has 3 N–H and O–H groups in total. The first-order valence-electron chi connectivity index (χ1n) is 50.2. The topological polar surface area (TPSA) is 291 Å². The Hall–Kier alpha value is -6.62. The van der Waals surface area contributed by atoms with Crippen molar-refractivity contribution in [2.75, 3.05) is 107 Å². The van der Waals surface area contributed by atoms with Crippen LogP contribution in [0.25, 0.3) is 0 Å². The molecule has 28 nitrogen and oxygen atoms in total. The zero-order chi connectivity index (χ0) is 104. The standard InChI is InChI=1S/C18H28BFO4.C16H24BFO4.C15H22BFO4.C14H18BFO4.C14H20BFO4.C13H18BFO4.C12H16BFO4/c1-13(2)23-19(24-14(3)4)17-9-8-16(20)11-15(17)12-22-18-7-5-6-10-21-18;1-5-19-12(2)20-9-13-8-14(18)6-7-15(13)17-21-10-16(3,4)11-22-17;1-3-18-12(2)19-11-13-10-14(17)6-7-15(13)16-20-8-4-5-9-21-16;16-12-4-5-13(15-19-7-8-20-15)11(9-12)10-18-14-3-1-2-6-17-14;1-17-15(18-2)13-7-6-12(16)9-11(13)10-20-14-5-3-4-8-19-14;1-17-14(16)12-6-5-11(15)8-10(12)9-19-13-4-2-3-7-18-13;14-10-4-5-11(13(15)16)9(7-10)8-18-12-3-1-2-6-17-12/h8-9,11,13-14,18H,5-7,10,12H2,1-4H3;6-8,12H,5,9-11H2,1-4H3;6-7,10,12H,3-5,8-9,11H2,1-2H3;4-5,9,14H,1-3,6-8,10H2;6-7,9,14H,3-5,8,10H2,1-2H3;5-6,8,13,16H,2-4,7,9H2,1H3;4-5,7,12,15-16H,1-3,6,8H2. The Balaban J connectivity index is 0.000000187. The van der Waals surface area contributed by atoms with Crippen LogP contribution in [0.1, 0.15) is 217 Å². The summed E-state index contributed by atoms with van der Waals surface area (Å²) in [6.45, 7) is 29.4. The summed E-state index contributed by atoms with van der Waals surface area (Å²) in [5.41, 5.74) is 9.45. The molecule has 15 rings (SSSR count). The molecule has 7 unspecified atom stereocenters. The van der Waals surface area contributed by atoms with E-state index in [1.165, 1.54) is 104 Å². The van der Waals surface area contributed by atoms with Gasteiger partial charge in [-0.2, -0.15) is 0 Å². The van der Waals surface area contributed by atoms with Crippen LogP contribution in [0.15, 0.2) is 127 Å². The summed E-state index contributed by atoms with van der Waals surface area (Å²) in [5.74, 6) is -2.28. The molecule has 0 radical (unpaired) electrons. The van der Waals surface area contributed by atoms with E-state index in [0.717, 1.165) is 179 Å². The van der Waals surface area contributed by atoms with Crippen molar-refractivity contribution in [3.8, 4) is 0 Å². The van der Waals surface area contributed by atoms with E-state index in [1.807, 2.05) is 55.4 Å². The third-order valence-electron chi connectivity index (χ3n) is 23.5. The predicted octanol–water partition coefficient (Wildman–Crippen LogP) is 13.4. The fraction of sp³-hybridized carbons (Fsp3) is 0.588. The van der Waals surface area contributed by atoms with Gasteiger partial charge in [-0.05, 0) is 327 Å². The van der Waals surface area contributed by atoms with E-state index >= 15 is 0 Å². The highest BCUT2D eigenvalue weighted by Crippen LogP contribution is 2.27. The van der Waals surface area contributed by atoms with Crippen molar-refractivity contribution in [3.05, 3.63) is 207 Å². The molecule has 8 aliphatic rings. The molecule has 8 fully saturated rings. The van der Waals surface area contributed by atoms with Crippen LogP contribution in [0, 0.1) is 46.1 Å². The predicted molar refractivity (Wildman–Crippen MR) is 535 cm³/mol. The minimum atomic E-state index is -1.63. The monoisotopic (exact) mass is 2030 g/mol. The first-order valence-corrected chi connectivity index (χ1v) is 50.2. The first-order chi connectivity index (χ1) is 69.5. The zero-order valence-electron chi connectivity index (χ0n) is 85.7. The second-order valence-electron chi connectivity index (χ2n) is 36.5. The van der Waals surface area contributed by atoms with Gasteiger partial charge in [0.25, 0.3) is 0 Å². The second kappa shape index (κ2) is 66.8. The van der Waals surface area contributed by atoms with E-state index in [0.29, 0.717) is 94.8 Å². The Morgan fingerprint density at radius 2 is 0.590 bits per heavy atom. The zero-order valence-corrected chi connectivity index (χ0v) is 85.7. The molecule has 144 heavy (non-hydrogen) atoms. The summed E-state index contributed by atoms with van der Waals surface area (Å²) in [4.78, 5) is 0. The van der Waals surface area contributed by atoms with Gasteiger partial charge in [0.1, 0.15) is 40.7 Å². The van der Waals surface area contributed by atoms with Crippen molar-refractivity contribution in [1.82, 2.24) is 0 Å². The van der Waals surface area contributed by atoms with Gasteiger partial charge < -0.3 is 133 Å². The summed E-state index contributed by atoms with van der Waals surface area (Å²) in [5, 5.41) is 28.1. The van der Waals surface area contributed by atoms with Gasteiger partial charge in [0.05, 0.1) is 59.5 Å². The summed E-state index contributed by atoms with van der Waals surface area (Å²) in [7, 11) is -0.632. The molecule has 8 aliphatic heterocycles. The average molecular weight is 2030 g/mol. The van der Waals surface area contributed by atoms with Crippen molar-refractivity contribution in [1.29, 1.82) is 0 Å². The third kappa shape index (κ3) is 44.1. The van der Waals surface area contributed by atoms with Crippen LogP contribution in [0.4, 0.5) is 30.7 Å². The molecule has 0 bridgehead atoms. The molecular formula is C102H146B7F7O28. The lowest BCUT2D eigenvalue weighted by Gasteiger charge is -2.33. The van der Waals surface area contributed by atoms with Crippen LogP contribution >= 0.6 is 0 Å². The Bertz CT molecular complexity index is 4640. The number of benzene rings is 7. The van der Waals surface area contributed by atoms with E-state index < -0.39 is 55.6 Å². The van der Waals surface area contributed by atoms with Gasteiger partial charge in [-0.3, -0.25) is 0 Å². The highest BCUT2D eigenvalue weighted by atomic mass is 19.2. The molecule has 8 heterocycles. The Labute approximate surface area is 847 Å². The smallest absolute Gasteiger partial charge is 0.423 e. The van der Waals surface area contributed by atoms with Gasteiger partial charge in [-0.1, -0.05) is 56.3 Å². The SMILES string of the molecule is CC(C)OB(OC(C)C)c1ccc(F)cc1COC1CCCCO1.CCOC(C)OCc1cc(F)ccc1B1OCC(C)(C)CO1.CCOC(C)OCc1cc(F)ccc1B1OCCCCO1.COB(O)c1ccc(F)cc1COC1CCCCO1.COB(OC)c1ccc(F)cc1COC1CCCCO1.Fc1ccc(B2OCCO2)c(COC2CCCCO2)c1.OB(O)c1ccc(F)cc1COC1CCCCO1. The van der Waals surface area contributed by atoms with Crippen molar-refractivity contribution in [3.63, 3.8) is 0 Å².